The number of anilines is 1. The zero-order valence-corrected chi connectivity index (χ0v) is 12.8. The van der Waals surface area contributed by atoms with Gasteiger partial charge in [0.25, 0.3) is 11.1 Å². The Balaban J connectivity index is 2.25. The van der Waals surface area contributed by atoms with Gasteiger partial charge >= 0.3 is 6.09 Å². The van der Waals surface area contributed by atoms with Gasteiger partial charge in [-0.1, -0.05) is 35.1 Å². The number of carbonyl (C=O) groups is 2. The van der Waals surface area contributed by atoms with Gasteiger partial charge < -0.3 is 15.8 Å². The van der Waals surface area contributed by atoms with Crippen LogP contribution < -0.4 is 15.8 Å². The average Bonchev–Trinajstić information content (AvgIpc) is 2.74. The third kappa shape index (κ3) is 3.50. The maximum absolute atomic E-state index is 12.3. The summed E-state index contributed by atoms with van der Waals surface area (Å²) in [5.41, 5.74) is 6.73. The van der Waals surface area contributed by atoms with Gasteiger partial charge in [-0.25, -0.2) is 9.78 Å². The summed E-state index contributed by atoms with van der Waals surface area (Å²) >= 11 is 7.00. The summed E-state index contributed by atoms with van der Waals surface area (Å²) in [6.07, 6.45) is -0.974. The van der Waals surface area contributed by atoms with Gasteiger partial charge in [0.15, 0.2) is 0 Å². The normalized spacial score (nSPS) is 10.2. The van der Waals surface area contributed by atoms with E-state index in [9.17, 15) is 9.59 Å². The number of thiazole rings is 1. The lowest BCUT2D eigenvalue weighted by atomic mass is 10.2. The number of aryl methyl sites for hydroxylation is 2. The highest BCUT2D eigenvalue weighted by Crippen LogP contribution is 2.29. The van der Waals surface area contributed by atoms with Crippen LogP contribution in [-0.4, -0.2) is 17.0 Å². The predicted octanol–water partition coefficient (Wildman–Crippen LogP) is 3.12. The Hall–Kier alpha value is -2.12. The molecule has 2 rings (SSSR count). The van der Waals surface area contributed by atoms with Gasteiger partial charge in [-0.2, -0.15) is 0 Å². The van der Waals surface area contributed by atoms with Crippen LogP contribution in [0.5, 0.6) is 5.19 Å². The first-order valence-electron chi connectivity index (χ1n) is 5.89. The molecule has 0 spiro atoms. The quantitative estimate of drug-likeness (QED) is 0.906. The zero-order chi connectivity index (χ0) is 15.6. The Labute approximate surface area is 129 Å². The molecule has 0 bridgehead atoms. The summed E-state index contributed by atoms with van der Waals surface area (Å²) in [4.78, 5) is 27.2. The van der Waals surface area contributed by atoms with Crippen molar-refractivity contribution in [1.82, 2.24) is 4.98 Å². The highest BCUT2D eigenvalue weighted by Gasteiger charge is 2.18. The van der Waals surface area contributed by atoms with Gasteiger partial charge in [0.1, 0.15) is 4.88 Å². The van der Waals surface area contributed by atoms with E-state index in [1.54, 1.807) is 19.1 Å². The van der Waals surface area contributed by atoms with Crippen LogP contribution in [0.1, 0.15) is 20.9 Å². The van der Waals surface area contributed by atoms with Crippen LogP contribution in [0.3, 0.4) is 0 Å². The van der Waals surface area contributed by atoms with E-state index in [0.717, 1.165) is 16.9 Å². The molecule has 0 aliphatic carbocycles. The van der Waals surface area contributed by atoms with Crippen LogP contribution >= 0.6 is 22.9 Å². The summed E-state index contributed by atoms with van der Waals surface area (Å²) in [5.74, 6) is -0.375. The largest absolute Gasteiger partial charge is 0.411 e. The second-order valence-corrected chi connectivity index (χ2v) is 5.57. The highest BCUT2D eigenvalue weighted by molar-refractivity contribution is 7.15. The van der Waals surface area contributed by atoms with E-state index in [1.807, 2.05) is 13.0 Å². The second kappa shape index (κ2) is 6.11. The summed E-state index contributed by atoms with van der Waals surface area (Å²) in [6.45, 7) is 3.47. The van der Waals surface area contributed by atoms with Crippen molar-refractivity contribution in [3.05, 3.63) is 39.4 Å². The number of aromatic nitrogens is 1. The van der Waals surface area contributed by atoms with Gasteiger partial charge in [0, 0.05) is 0 Å². The maximum atomic E-state index is 12.3. The van der Waals surface area contributed by atoms with E-state index < -0.39 is 6.09 Å². The Bertz CT molecular complexity index is 694. The number of nitrogens with two attached hydrogens (primary N) is 1. The molecule has 1 aromatic carbocycles. The lowest BCUT2D eigenvalue weighted by molar-refractivity contribution is 0.102. The first-order chi connectivity index (χ1) is 9.88. The minimum atomic E-state index is -0.974. The van der Waals surface area contributed by atoms with Crippen LogP contribution in [0.25, 0.3) is 0 Å². The molecule has 0 aliphatic heterocycles. The van der Waals surface area contributed by atoms with Crippen LogP contribution in [0.4, 0.5) is 10.5 Å². The monoisotopic (exact) mass is 325 g/mol. The molecule has 110 valence electrons. The molecule has 21 heavy (non-hydrogen) atoms. The molecule has 6 nitrogen and oxygen atoms in total. The zero-order valence-electron chi connectivity index (χ0n) is 11.3. The first-order valence-corrected chi connectivity index (χ1v) is 7.09. The van der Waals surface area contributed by atoms with Crippen molar-refractivity contribution in [3.8, 4) is 5.19 Å². The molecule has 8 heteroatoms. The molecule has 1 heterocycles. The third-order valence-corrected chi connectivity index (χ3v) is 3.98. The summed E-state index contributed by atoms with van der Waals surface area (Å²) in [5, 5.41) is 3.20. The number of rotatable bonds is 3. The fraction of sp³-hybridized carbons (Fsp3) is 0.154. The first kappa shape index (κ1) is 15.3. The Kier molecular flexibility index (Phi) is 4.44. The number of ether oxygens (including phenoxy) is 1. The summed E-state index contributed by atoms with van der Waals surface area (Å²) in [7, 11) is 0. The number of hydrogen-bond donors (Lipinski definition) is 2. The number of carbonyl (C=O) groups excluding carboxylic acids is 2. The molecule has 0 fully saturated rings. The topological polar surface area (TPSA) is 94.3 Å². The molecular weight excluding hydrogens is 314 g/mol. The van der Waals surface area contributed by atoms with E-state index in [1.165, 1.54) is 0 Å². The second-order valence-electron chi connectivity index (χ2n) is 4.20. The third-order valence-electron chi connectivity index (χ3n) is 2.63. The van der Waals surface area contributed by atoms with Gasteiger partial charge in [0.05, 0.1) is 16.4 Å². The highest BCUT2D eigenvalue weighted by atomic mass is 35.5. The molecule has 3 N–H and O–H groups in total. The number of hydrogen-bond acceptors (Lipinski definition) is 5. The Morgan fingerprint density at radius 1 is 1.38 bits per heavy atom. The SMILES string of the molecule is Cc1cccc(Cl)c1NC(=O)c1sc(OC(N)=O)nc1C. The van der Waals surface area contributed by atoms with Crippen molar-refractivity contribution in [3.63, 3.8) is 0 Å². The fourth-order valence-corrected chi connectivity index (χ4v) is 2.76. The van der Waals surface area contributed by atoms with Crippen LogP contribution in [0.15, 0.2) is 18.2 Å². The number of nitrogens with one attached hydrogen (secondary N) is 1. The van der Waals surface area contributed by atoms with Crippen molar-refractivity contribution in [2.45, 2.75) is 13.8 Å². The van der Waals surface area contributed by atoms with E-state index >= 15 is 0 Å². The summed E-state index contributed by atoms with van der Waals surface area (Å²) < 4.78 is 4.66. The molecule has 2 aromatic rings. The van der Waals surface area contributed by atoms with Crippen LogP contribution in [0, 0.1) is 13.8 Å². The van der Waals surface area contributed by atoms with Crippen molar-refractivity contribution in [2.75, 3.05) is 5.32 Å². The van der Waals surface area contributed by atoms with E-state index in [4.69, 9.17) is 17.3 Å². The number of amides is 2. The molecule has 0 saturated carbocycles. The van der Waals surface area contributed by atoms with Gasteiger partial charge in [0.2, 0.25) is 0 Å². The molecule has 2 amide bonds. The number of primary amides is 1. The van der Waals surface area contributed by atoms with Crippen LogP contribution in [-0.2, 0) is 0 Å². The smallest absolute Gasteiger partial charge is 0.381 e. The van der Waals surface area contributed by atoms with E-state index in [2.05, 4.69) is 15.0 Å². The fourth-order valence-electron chi connectivity index (χ4n) is 1.67. The van der Waals surface area contributed by atoms with Crippen molar-refractivity contribution in [1.29, 1.82) is 0 Å². The lowest BCUT2D eigenvalue weighted by Crippen LogP contribution is -2.15. The average molecular weight is 326 g/mol. The standard InChI is InChI=1S/C13H12ClN3O3S/c1-6-4-3-5-8(14)9(6)17-11(18)10-7(2)16-13(21-10)20-12(15)19/h3-5H,1-2H3,(H2,15,19)(H,17,18). The Morgan fingerprint density at radius 3 is 2.71 bits per heavy atom. The Morgan fingerprint density at radius 2 is 2.10 bits per heavy atom. The number of halogens is 1. The molecule has 0 aliphatic rings. The number of benzene rings is 1. The molecule has 1 aromatic heterocycles. The molecule has 0 radical (unpaired) electrons. The number of nitrogens with zero attached hydrogens (tertiary/aromatic N) is 1. The minimum Gasteiger partial charge on any atom is -0.381 e. The molecule has 0 atom stereocenters. The lowest BCUT2D eigenvalue weighted by Gasteiger charge is -2.09. The van der Waals surface area contributed by atoms with E-state index in [0.29, 0.717) is 21.3 Å². The van der Waals surface area contributed by atoms with Crippen molar-refractivity contribution < 1.29 is 14.3 Å². The maximum Gasteiger partial charge on any atom is 0.411 e. The molecule has 0 saturated heterocycles. The molecule has 0 unspecified atom stereocenters. The minimum absolute atomic E-state index is 0.0287. The summed E-state index contributed by atoms with van der Waals surface area (Å²) in [6, 6.07) is 5.32. The van der Waals surface area contributed by atoms with Gasteiger partial charge in [-0.05, 0) is 25.5 Å². The molecular formula is C13H12ClN3O3S. The van der Waals surface area contributed by atoms with Gasteiger partial charge in [-0.3, -0.25) is 4.79 Å². The predicted molar refractivity (Wildman–Crippen MR) is 81.2 cm³/mol. The van der Waals surface area contributed by atoms with Crippen LogP contribution in [0.2, 0.25) is 5.02 Å². The van der Waals surface area contributed by atoms with Crippen molar-refractivity contribution in [2.24, 2.45) is 5.73 Å². The van der Waals surface area contributed by atoms with Gasteiger partial charge in [-0.15, -0.1) is 0 Å². The number of para-hydroxylation sites is 1. The van der Waals surface area contributed by atoms with E-state index in [-0.39, 0.29) is 11.1 Å². The van der Waals surface area contributed by atoms with Crippen molar-refractivity contribution >= 4 is 40.6 Å².